The van der Waals surface area contributed by atoms with Gasteiger partial charge in [0.05, 0.1) is 23.7 Å². The molecule has 0 bridgehead atoms. The molecule has 0 radical (unpaired) electrons. The van der Waals surface area contributed by atoms with Gasteiger partial charge in [-0.05, 0) is 12.1 Å². The molecule has 70 valence electrons. The fraction of sp³-hybridized carbons (Fsp3) is 0.200. The van der Waals surface area contributed by atoms with E-state index in [0.29, 0.717) is 6.42 Å². The molecule has 0 aliphatic heterocycles. The van der Waals surface area contributed by atoms with Gasteiger partial charge in [0, 0.05) is 16.9 Å². The van der Waals surface area contributed by atoms with E-state index in [0.717, 1.165) is 21.1 Å². The topological polar surface area (TPSA) is 41.6 Å². The Morgan fingerprint density at radius 1 is 1.57 bits per heavy atom. The average Bonchev–Trinajstić information content (AvgIpc) is 2.46. The fourth-order valence-electron chi connectivity index (χ4n) is 1.55. The van der Waals surface area contributed by atoms with Crippen LogP contribution in [-0.2, 0) is 13.5 Å². The average molecular weight is 250 g/mol. The lowest BCUT2D eigenvalue weighted by molar-refractivity contribution is 0.777. The Hall–Kier alpha value is -1.34. The molecule has 4 heteroatoms. The summed E-state index contributed by atoms with van der Waals surface area (Å²) in [6.45, 7) is 0. The standard InChI is InChI=1S/C10H8BrN3/c1-14-9-4-2-3-7(11)10(9)8(13-14)5-6-12/h2-4H,5H2,1H3. The van der Waals surface area contributed by atoms with Crippen LogP contribution in [0.2, 0.25) is 0 Å². The highest BCUT2D eigenvalue weighted by molar-refractivity contribution is 9.10. The van der Waals surface area contributed by atoms with Crippen LogP contribution < -0.4 is 0 Å². The van der Waals surface area contributed by atoms with E-state index in [1.165, 1.54) is 0 Å². The molecule has 0 aliphatic rings. The summed E-state index contributed by atoms with van der Waals surface area (Å²) in [7, 11) is 1.88. The number of aryl methyl sites for hydroxylation is 1. The number of hydrogen-bond donors (Lipinski definition) is 0. The van der Waals surface area contributed by atoms with Gasteiger partial charge in [-0.3, -0.25) is 4.68 Å². The second-order valence-corrected chi connectivity index (χ2v) is 3.89. The number of nitriles is 1. The molecular formula is C10H8BrN3. The summed E-state index contributed by atoms with van der Waals surface area (Å²) < 4.78 is 2.79. The van der Waals surface area contributed by atoms with Gasteiger partial charge >= 0.3 is 0 Å². The molecule has 2 aromatic rings. The Morgan fingerprint density at radius 3 is 3.07 bits per heavy atom. The third-order valence-corrected chi connectivity index (χ3v) is 2.81. The maximum Gasteiger partial charge on any atom is 0.0855 e. The number of aromatic nitrogens is 2. The molecular weight excluding hydrogens is 242 g/mol. The quantitative estimate of drug-likeness (QED) is 0.779. The van der Waals surface area contributed by atoms with E-state index in [9.17, 15) is 0 Å². The number of rotatable bonds is 1. The van der Waals surface area contributed by atoms with Crippen molar-refractivity contribution in [1.29, 1.82) is 5.26 Å². The summed E-state index contributed by atoms with van der Waals surface area (Å²) in [6, 6.07) is 8.04. The molecule has 0 saturated carbocycles. The molecule has 14 heavy (non-hydrogen) atoms. The highest BCUT2D eigenvalue weighted by atomic mass is 79.9. The van der Waals surface area contributed by atoms with Crippen molar-refractivity contribution in [2.75, 3.05) is 0 Å². The first-order valence-corrected chi connectivity index (χ1v) is 5.00. The molecule has 0 fully saturated rings. The van der Waals surface area contributed by atoms with Crippen molar-refractivity contribution in [3.8, 4) is 6.07 Å². The molecule has 0 N–H and O–H groups in total. The monoisotopic (exact) mass is 249 g/mol. The van der Waals surface area contributed by atoms with Crippen LogP contribution in [0, 0.1) is 11.3 Å². The van der Waals surface area contributed by atoms with Crippen molar-refractivity contribution in [3.63, 3.8) is 0 Å². The Morgan fingerprint density at radius 2 is 2.36 bits per heavy atom. The van der Waals surface area contributed by atoms with Gasteiger partial charge < -0.3 is 0 Å². The van der Waals surface area contributed by atoms with E-state index in [-0.39, 0.29) is 0 Å². The Balaban J connectivity index is 2.80. The molecule has 0 unspecified atom stereocenters. The molecule has 1 heterocycles. The maximum atomic E-state index is 8.66. The van der Waals surface area contributed by atoms with Gasteiger partial charge in [-0.25, -0.2) is 0 Å². The Bertz CT molecular complexity index is 522. The molecule has 0 saturated heterocycles. The van der Waals surface area contributed by atoms with Crippen molar-refractivity contribution in [2.45, 2.75) is 6.42 Å². The SMILES string of the molecule is Cn1nc(CC#N)c2c(Br)cccc21. The van der Waals surface area contributed by atoms with Gasteiger partial charge in [-0.15, -0.1) is 0 Å². The fourth-order valence-corrected chi connectivity index (χ4v) is 2.14. The summed E-state index contributed by atoms with van der Waals surface area (Å²) in [5.74, 6) is 0. The number of halogens is 1. The van der Waals surface area contributed by atoms with E-state index in [2.05, 4.69) is 27.1 Å². The first kappa shape index (κ1) is 9.22. The van der Waals surface area contributed by atoms with Crippen LogP contribution in [0.15, 0.2) is 22.7 Å². The molecule has 2 rings (SSSR count). The van der Waals surface area contributed by atoms with Crippen molar-refractivity contribution >= 4 is 26.8 Å². The zero-order valence-electron chi connectivity index (χ0n) is 7.66. The van der Waals surface area contributed by atoms with Gasteiger partial charge in [-0.2, -0.15) is 10.4 Å². The lowest BCUT2D eigenvalue weighted by Crippen LogP contribution is -1.90. The molecule has 0 amide bonds. The first-order chi connectivity index (χ1) is 6.74. The minimum Gasteiger partial charge on any atom is -0.268 e. The lowest BCUT2D eigenvalue weighted by atomic mass is 10.2. The number of benzene rings is 1. The summed E-state index contributed by atoms with van der Waals surface area (Å²) in [5, 5.41) is 14.0. The molecule has 1 aromatic carbocycles. The number of fused-ring (bicyclic) bond motifs is 1. The second kappa shape index (κ2) is 3.43. The summed E-state index contributed by atoms with van der Waals surface area (Å²) in [6.07, 6.45) is 0.347. The Kier molecular flexibility index (Phi) is 2.26. The van der Waals surface area contributed by atoms with Crippen LogP contribution in [0.4, 0.5) is 0 Å². The molecule has 0 aliphatic carbocycles. The normalized spacial score (nSPS) is 10.4. The van der Waals surface area contributed by atoms with Gasteiger partial charge in [0.1, 0.15) is 0 Å². The first-order valence-electron chi connectivity index (χ1n) is 4.21. The van der Waals surface area contributed by atoms with Gasteiger partial charge in [0.2, 0.25) is 0 Å². The highest BCUT2D eigenvalue weighted by Crippen LogP contribution is 2.26. The largest absolute Gasteiger partial charge is 0.268 e. The number of hydrogen-bond acceptors (Lipinski definition) is 2. The zero-order valence-corrected chi connectivity index (χ0v) is 9.24. The van der Waals surface area contributed by atoms with E-state index in [1.54, 1.807) is 4.68 Å². The highest BCUT2D eigenvalue weighted by Gasteiger charge is 2.10. The number of nitrogens with zero attached hydrogens (tertiary/aromatic N) is 3. The minimum atomic E-state index is 0.347. The Labute approximate surface area is 90.1 Å². The second-order valence-electron chi connectivity index (χ2n) is 3.04. The van der Waals surface area contributed by atoms with E-state index in [1.807, 2.05) is 25.2 Å². The maximum absolute atomic E-state index is 8.66. The molecule has 3 nitrogen and oxygen atoms in total. The minimum absolute atomic E-state index is 0.347. The van der Waals surface area contributed by atoms with E-state index >= 15 is 0 Å². The van der Waals surface area contributed by atoms with Crippen LogP contribution in [0.1, 0.15) is 5.69 Å². The van der Waals surface area contributed by atoms with Crippen molar-refractivity contribution in [3.05, 3.63) is 28.4 Å². The third kappa shape index (κ3) is 1.30. The van der Waals surface area contributed by atoms with Crippen molar-refractivity contribution in [2.24, 2.45) is 7.05 Å². The van der Waals surface area contributed by atoms with Crippen molar-refractivity contribution < 1.29 is 0 Å². The smallest absolute Gasteiger partial charge is 0.0855 e. The van der Waals surface area contributed by atoms with Crippen LogP contribution in [0.3, 0.4) is 0 Å². The molecule has 0 atom stereocenters. The predicted molar refractivity (Wildman–Crippen MR) is 57.7 cm³/mol. The lowest BCUT2D eigenvalue weighted by Gasteiger charge is -1.95. The van der Waals surface area contributed by atoms with Crippen LogP contribution >= 0.6 is 15.9 Å². The van der Waals surface area contributed by atoms with Crippen molar-refractivity contribution in [1.82, 2.24) is 9.78 Å². The van der Waals surface area contributed by atoms with E-state index in [4.69, 9.17) is 5.26 Å². The van der Waals surface area contributed by atoms with Gasteiger partial charge in [0.25, 0.3) is 0 Å². The van der Waals surface area contributed by atoms with Gasteiger partial charge in [-0.1, -0.05) is 22.0 Å². The predicted octanol–water partition coefficient (Wildman–Crippen LogP) is 2.40. The van der Waals surface area contributed by atoms with Crippen LogP contribution in [-0.4, -0.2) is 9.78 Å². The third-order valence-electron chi connectivity index (χ3n) is 2.15. The van der Waals surface area contributed by atoms with Crippen LogP contribution in [0.25, 0.3) is 10.9 Å². The zero-order chi connectivity index (χ0) is 10.1. The van der Waals surface area contributed by atoms with Crippen LogP contribution in [0.5, 0.6) is 0 Å². The molecule has 1 aromatic heterocycles. The summed E-state index contributed by atoms with van der Waals surface area (Å²) >= 11 is 3.47. The van der Waals surface area contributed by atoms with E-state index < -0.39 is 0 Å². The summed E-state index contributed by atoms with van der Waals surface area (Å²) in [4.78, 5) is 0. The summed E-state index contributed by atoms with van der Waals surface area (Å²) in [5.41, 5.74) is 1.88. The molecule has 0 spiro atoms. The van der Waals surface area contributed by atoms with Gasteiger partial charge in [0.15, 0.2) is 0 Å².